The standard InChI is InChI=1S/C11H13Br2NO3/c1-11(10(15)16)2-3-14(6-11)5-7-4-8(12)9(13)17-7/h4H,2-3,5-6H2,1H3,(H,15,16). The van der Waals surface area contributed by atoms with Crippen LogP contribution < -0.4 is 0 Å². The molecule has 2 rings (SSSR count). The van der Waals surface area contributed by atoms with Crippen molar-refractivity contribution < 1.29 is 14.3 Å². The number of rotatable bonds is 3. The zero-order valence-corrected chi connectivity index (χ0v) is 12.5. The van der Waals surface area contributed by atoms with Crippen LogP contribution in [-0.4, -0.2) is 29.1 Å². The third-order valence-electron chi connectivity index (χ3n) is 3.14. The number of hydrogen-bond donors (Lipinski definition) is 1. The molecule has 1 aliphatic heterocycles. The lowest BCUT2D eigenvalue weighted by Crippen LogP contribution is -2.31. The van der Waals surface area contributed by atoms with Crippen LogP contribution in [0.4, 0.5) is 0 Å². The molecule has 0 spiro atoms. The Hall–Kier alpha value is -0.330. The molecule has 2 heterocycles. The predicted molar refractivity (Wildman–Crippen MR) is 69.7 cm³/mol. The molecule has 0 amide bonds. The molecule has 1 saturated heterocycles. The summed E-state index contributed by atoms with van der Waals surface area (Å²) in [6, 6.07) is 1.90. The van der Waals surface area contributed by atoms with E-state index in [9.17, 15) is 4.79 Å². The highest BCUT2D eigenvalue weighted by atomic mass is 79.9. The molecule has 1 atom stereocenters. The van der Waals surface area contributed by atoms with Crippen molar-refractivity contribution in [3.8, 4) is 0 Å². The first-order chi connectivity index (χ1) is 7.90. The molecule has 1 N–H and O–H groups in total. The summed E-state index contributed by atoms with van der Waals surface area (Å²) in [5.74, 6) is 0.111. The summed E-state index contributed by atoms with van der Waals surface area (Å²) in [6.07, 6.45) is 0.686. The van der Waals surface area contributed by atoms with E-state index >= 15 is 0 Å². The molecule has 0 aliphatic carbocycles. The molecule has 1 aromatic rings. The summed E-state index contributed by atoms with van der Waals surface area (Å²) in [6.45, 7) is 3.80. The average molecular weight is 367 g/mol. The maximum absolute atomic E-state index is 11.1. The van der Waals surface area contributed by atoms with Crippen LogP contribution in [0, 0.1) is 5.41 Å². The second kappa shape index (κ2) is 4.74. The van der Waals surface area contributed by atoms with Gasteiger partial charge in [0.15, 0.2) is 4.67 Å². The van der Waals surface area contributed by atoms with Crippen molar-refractivity contribution in [3.05, 3.63) is 21.0 Å². The van der Waals surface area contributed by atoms with Gasteiger partial charge >= 0.3 is 5.97 Å². The van der Waals surface area contributed by atoms with Crippen molar-refractivity contribution in [2.75, 3.05) is 13.1 Å². The molecule has 1 aromatic heterocycles. The number of furan rings is 1. The number of hydrogen-bond acceptors (Lipinski definition) is 3. The molecule has 0 saturated carbocycles. The van der Waals surface area contributed by atoms with Crippen LogP contribution in [-0.2, 0) is 11.3 Å². The van der Waals surface area contributed by atoms with E-state index < -0.39 is 11.4 Å². The monoisotopic (exact) mass is 365 g/mol. The Labute approximate surface area is 116 Å². The SMILES string of the molecule is CC1(C(=O)O)CCN(Cc2cc(Br)c(Br)o2)C1. The van der Waals surface area contributed by atoms with Crippen LogP contribution in [0.2, 0.25) is 0 Å². The van der Waals surface area contributed by atoms with Crippen molar-refractivity contribution in [1.29, 1.82) is 0 Å². The molecule has 94 valence electrons. The molecule has 0 aromatic carbocycles. The lowest BCUT2D eigenvalue weighted by molar-refractivity contribution is -0.147. The highest BCUT2D eigenvalue weighted by molar-refractivity contribution is 9.13. The summed E-state index contributed by atoms with van der Waals surface area (Å²) in [5.41, 5.74) is -0.624. The highest BCUT2D eigenvalue weighted by Crippen LogP contribution is 2.33. The summed E-state index contributed by atoms with van der Waals surface area (Å²) >= 11 is 6.64. The van der Waals surface area contributed by atoms with Crippen molar-refractivity contribution in [2.45, 2.75) is 19.9 Å². The minimum Gasteiger partial charge on any atom is -0.481 e. The first-order valence-corrected chi connectivity index (χ1v) is 6.89. The summed E-state index contributed by atoms with van der Waals surface area (Å²) < 4.78 is 7.04. The Morgan fingerprint density at radius 2 is 2.35 bits per heavy atom. The number of nitrogens with zero attached hydrogens (tertiary/aromatic N) is 1. The molecule has 0 bridgehead atoms. The van der Waals surface area contributed by atoms with Crippen LogP contribution in [0.5, 0.6) is 0 Å². The fraction of sp³-hybridized carbons (Fsp3) is 0.545. The number of carboxylic acid groups (broad SMARTS) is 1. The summed E-state index contributed by atoms with van der Waals surface area (Å²) in [7, 11) is 0. The number of carboxylic acids is 1. The molecule has 17 heavy (non-hydrogen) atoms. The van der Waals surface area contributed by atoms with Crippen LogP contribution in [0.1, 0.15) is 19.1 Å². The van der Waals surface area contributed by atoms with E-state index in [4.69, 9.17) is 9.52 Å². The molecule has 1 unspecified atom stereocenters. The van der Waals surface area contributed by atoms with Crippen LogP contribution in [0.15, 0.2) is 19.6 Å². The van der Waals surface area contributed by atoms with Gasteiger partial charge in [0.2, 0.25) is 0 Å². The van der Waals surface area contributed by atoms with Gasteiger partial charge in [-0.3, -0.25) is 9.69 Å². The molecule has 4 nitrogen and oxygen atoms in total. The fourth-order valence-electron chi connectivity index (χ4n) is 2.06. The average Bonchev–Trinajstić information content (AvgIpc) is 2.74. The van der Waals surface area contributed by atoms with Crippen molar-refractivity contribution in [1.82, 2.24) is 4.90 Å². The van der Waals surface area contributed by atoms with Gasteiger partial charge in [0.1, 0.15) is 5.76 Å². The Morgan fingerprint density at radius 1 is 1.65 bits per heavy atom. The molecular formula is C11H13Br2NO3. The lowest BCUT2D eigenvalue weighted by atomic mass is 9.90. The minimum absolute atomic E-state index is 0.568. The van der Waals surface area contributed by atoms with Gasteiger partial charge in [0.25, 0.3) is 0 Å². The van der Waals surface area contributed by atoms with E-state index in [2.05, 4.69) is 36.8 Å². The van der Waals surface area contributed by atoms with Crippen LogP contribution in [0.3, 0.4) is 0 Å². The van der Waals surface area contributed by atoms with Crippen molar-refractivity contribution in [2.24, 2.45) is 5.41 Å². The van der Waals surface area contributed by atoms with E-state index in [0.717, 1.165) is 16.8 Å². The third kappa shape index (κ3) is 2.74. The van der Waals surface area contributed by atoms with Gasteiger partial charge in [-0.2, -0.15) is 0 Å². The van der Waals surface area contributed by atoms with Crippen molar-refractivity contribution >= 4 is 37.8 Å². The van der Waals surface area contributed by atoms with Gasteiger partial charge in [-0.15, -0.1) is 0 Å². The third-order valence-corrected chi connectivity index (χ3v) is 4.85. The molecule has 6 heteroatoms. The number of carbonyl (C=O) groups is 1. The Morgan fingerprint density at radius 3 is 2.82 bits per heavy atom. The van der Waals surface area contributed by atoms with Gasteiger partial charge in [-0.1, -0.05) is 0 Å². The number of aliphatic carboxylic acids is 1. The summed E-state index contributed by atoms with van der Waals surface area (Å²) in [5, 5.41) is 9.14. The summed E-state index contributed by atoms with van der Waals surface area (Å²) in [4.78, 5) is 13.2. The second-order valence-electron chi connectivity index (χ2n) is 4.66. The van der Waals surface area contributed by atoms with Gasteiger partial charge in [-0.05, 0) is 57.8 Å². The van der Waals surface area contributed by atoms with Crippen molar-refractivity contribution in [3.63, 3.8) is 0 Å². The van der Waals surface area contributed by atoms with Gasteiger partial charge in [-0.25, -0.2) is 0 Å². The van der Waals surface area contributed by atoms with E-state index in [-0.39, 0.29) is 0 Å². The Kier molecular flexibility index (Phi) is 3.66. The molecule has 1 aliphatic rings. The first-order valence-electron chi connectivity index (χ1n) is 5.30. The largest absolute Gasteiger partial charge is 0.481 e. The smallest absolute Gasteiger partial charge is 0.310 e. The Balaban J connectivity index is 2.01. The van der Waals surface area contributed by atoms with E-state index in [1.807, 2.05) is 6.07 Å². The predicted octanol–water partition coefficient (Wildman–Crippen LogP) is 3.10. The van der Waals surface area contributed by atoms with E-state index in [1.54, 1.807) is 6.92 Å². The van der Waals surface area contributed by atoms with E-state index in [0.29, 0.717) is 24.2 Å². The Bertz CT molecular complexity index is 426. The number of likely N-dealkylation sites (tertiary alicyclic amines) is 1. The molecule has 1 fully saturated rings. The zero-order chi connectivity index (χ0) is 12.6. The fourth-order valence-corrected chi connectivity index (χ4v) is 2.71. The topological polar surface area (TPSA) is 53.7 Å². The van der Waals surface area contributed by atoms with Gasteiger partial charge in [0, 0.05) is 6.54 Å². The van der Waals surface area contributed by atoms with E-state index in [1.165, 1.54) is 0 Å². The van der Waals surface area contributed by atoms with Crippen LogP contribution in [0.25, 0.3) is 0 Å². The quantitative estimate of drug-likeness (QED) is 0.892. The normalized spacial score (nSPS) is 25.4. The highest BCUT2D eigenvalue weighted by Gasteiger charge is 2.40. The zero-order valence-electron chi connectivity index (χ0n) is 9.37. The maximum Gasteiger partial charge on any atom is 0.310 e. The van der Waals surface area contributed by atoms with Gasteiger partial charge < -0.3 is 9.52 Å². The lowest BCUT2D eigenvalue weighted by Gasteiger charge is -2.19. The van der Waals surface area contributed by atoms with Gasteiger partial charge in [0.05, 0.1) is 16.4 Å². The first kappa shape index (κ1) is 13.1. The van der Waals surface area contributed by atoms with Crippen LogP contribution >= 0.6 is 31.9 Å². The second-order valence-corrected chi connectivity index (χ2v) is 6.24. The minimum atomic E-state index is -0.721. The molecule has 0 radical (unpaired) electrons. The molecular weight excluding hydrogens is 354 g/mol. The number of halogens is 2. The maximum atomic E-state index is 11.1.